The molecule has 1 amide bonds. The Balaban J connectivity index is 2.02. The first kappa shape index (κ1) is 23.8. The largest absolute Gasteiger partial charge is 0.449 e. The predicted molar refractivity (Wildman–Crippen MR) is 113 cm³/mol. The summed E-state index contributed by atoms with van der Waals surface area (Å²) < 4.78 is 31.8. The zero-order valence-corrected chi connectivity index (χ0v) is 17.8. The molecule has 0 fully saturated rings. The van der Waals surface area contributed by atoms with Crippen LogP contribution in [-0.2, 0) is 19.6 Å². The first-order valence-corrected chi connectivity index (χ1v) is 10.6. The van der Waals surface area contributed by atoms with E-state index in [1.165, 1.54) is 31.2 Å². The monoisotopic (exact) mass is 450 g/mol. The molecule has 1 atom stereocenters. The Labute approximate surface area is 178 Å². The van der Waals surface area contributed by atoms with Crippen molar-refractivity contribution in [2.45, 2.75) is 37.8 Å². The third-order valence-electron chi connectivity index (χ3n) is 3.94. The fourth-order valence-corrected chi connectivity index (χ4v) is 3.72. The Morgan fingerprint density at radius 3 is 2.23 bits per heavy atom. The maximum atomic E-state index is 12.3. The molecule has 0 radical (unpaired) electrons. The van der Waals surface area contributed by atoms with Crippen LogP contribution in [0.2, 0.25) is 0 Å². The second kappa shape index (κ2) is 9.53. The van der Waals surface area contributed by atoms with Gasteiger partial charge in [0.15, 0.2) is 6.10 Å². The number of ether oxygens (including phenoxy) is 1. The Bertz CT molecular complexity index is 1100. The normalized spacial score (nSPS) is 12.3. The number of benzene rings is 2. The van der Waals surface area contributed by atoms with E-state index >= 15 is 0 Å². The number of amides is 1. The SMILES string of the molecule is CC(C)NS(=O)(=O)c1ccc(NC(=O)C(C)OC(=O)c2ccc([N+](=O)[O-])cc2N)cc1. The highest BCUT2D eigenvalue weighted by molar-refractivity contribution is 7.89. The second-order valence-corrected chi connectivity index (χ2v) is 8.58. The average Bonchev–Trinajstić information content (AvgIpc) is 2.67. The van der Waals surface area contributed by atoms with Crippen molar-refractivity contribution in [2.75, 3.05) is 11.1 Å². The molecule has 2 aromatic rings. The van der Waals surface area contributed by atoms with Gasteiger partial charge in [0.05, 0.1) is 21.1 Å². The third-order valence-corrected chi connectivity index (χ3v) is 5.62. The average molecular weight is 450 g/mol. The van der Waals surface area contributed by atoms with Crippen LogP contribution < -0.4 is 15.8 Å². The van der Waals surface area contributed by atoms with Gasteiger partial charge in [-0.2, -0.15) is 0 Å². The van der Waals surface area contributed by atoms with Crippen LogP contribution in [0.5, 0.6) is 0 Å². The number of nitrogens with zero attached hydrogens (tertiary/aromatic N) is 1. The smallest absolute Gasteiger partial charge is 0.341 e. The number of anilines is 2. The summed E-state index contributed by atoms with van der Waals surface area (Å²) in [5.41, 5.74) is 5.40. The Morgan fingerprint density at radius 2 is 1.71 bits per heavy atom. The summed E-state index contributed by atoms with van der Waals surface area (Å²) in [4.78, 5) is 34.6. The maximum Gasteiger partial charge on any atom is 0.341 e. The van der Waals surface area contributed by atoms with E-state index in [1.807, 2.05) is 0 Å². The lowest BCUT2D eigenvalue weighted by atomic mass is 10.1. The molecular weight excluding hydrogens is 428 g/mol. The summed E-state index contributed by atoms with van der Waals surface area (Å²) in [6.07, 6.45) is -1.21. The van der Waals surface area contributed by atoms with Crippen LogP contribution in [0, 0.1) is 10.1 Å². The van der Waals surface area contributed by atoms with Gasteiger partial charge in [0.1, 0.15) is 0 Å². The molecule has 12 heteroatoms. The number of hydrogen-bond donors (Lipinski definition) is 3. The molecule has 11 nitrogen and oxygen atoms in total. The van der Waals surface area contributed by atoms with Crippen molar-refractivity contribution in [3.63, 3.8) is 0 Å². The minimum absolute atomic E-state index is 0.0346. The first-order chi connectivity index (χ1) is 14.4. The quantitative estimate of drug-likeness (QED) is 0.237. The molecule has 2 rings (SSSR count). The third kappa shape index (κ3) is 6.23. The zero-order valence-electron chi connectivity index (χ0n) is 17.0. The summed E-state index contributed by atoms with van der Waals surface area (Å²) in [6.45, 7) is 4.72. The van der Waals surface area contributed by atoms with Gasteiger partial charge in [-0.25, -0.2) is 17.9 Å². The van der Waals surface area contributed by atoms with Crippen LogP contribution in [0.3, 0.4) is 0 Å². The molecule has 0 aliphatic carbocycles. The number of rotatable bonds is 8. The molecule has 2 aromatic carbocycles. The highest BCUT2D eigenvalue weighted by atomic mass is 32.2. The minimum atomic E-state index is -3.67. The van der Waals surface area contributed by atoms with E-state index in [0.717, 1.165) is 18.2 Å². The molecule has 4 N–H and O–H groups in total. The van der Waals surface area contributed by atoms with Crippen molar-refractivity contribution in [1.29, 1.82) is 0 Å². The van der Waals surface area contributed by atoms with E-state index < -0.39 is 32.9 Å². The molecule has 31 heavy (non-hydrogen) atoms. The molecule has 0 aromatic heterocycles. The van der Waals surface area contributed by atoms with Crippen molar-refractivity contribution in [1.82, 2.24) is 4.72 Å². The van der Waals surface area contributed by atoms with E-state index in [-0.39, 0.29) is 27.9 Å². The summed E-state index contributed by atoms with van der Waals surface area (Å²) >= 11 is 0. The molecule has 0 bridgehead atoms. The van der Waals surface area contributed by atoms with Gasteiger partial charge in [-0.15, -0.1) is 0 Å². The van der Waals surface area contributed by atoms with Crippen molar-refractivity contribution in [2.24, 2.45) is 0 Å². The fourth-order valence-electron chi connectivity index (χ4n) is 2.47. The number of carbonyl (C=O) groups excluding carboxylic acids is 2. The lowest BCUT2D eigenvalue weighted by Crippen LogP contribution is -2.31. The van der Waals surface area contributed by atoms with Gasteiger partial charge in [0, 0.05) is 23.9 Å². The van der Waals surface area contributed by atoms with Crippen LogP contribution in [0.1, 0.15) is 31.1 Å². The number of hydrogen-bond acceptors (Lipinski definition) is 8. The highest BCUT2D eigenvalue weighted by Gasteiger charge is 2.22. The number of nitro groups is 1. The van der Waals surface area contributed by atoms with E-state index in [9.17, 15) is 28.1 Å². The molecule has 0 saturated heterocycles. The molecule has 1 unspecified atom stereocenters. The molecule has 0 aliphatic heterocycles. The van der Waals surface area contributed by atoms with E-state index in [0.29, 0.717) is 5.69 Å². The molecule has 0 aliphatic rings. The zero-order chi connectivity index (χ0) is 23.3. The van der Waals surface area contributed by atoms with Gasteiger partial charge < -0.3 is 15.8 Å². The van der Waals surface area contributed by atoms with Crippen LogP contribution in [0.25, 0.3) is 0 Å². The number of sulfonamides is 1. The van der Waals surface area contributed by atoms with Gasteiger partial charge in [0.2, 0.25) is 10.0 Å². The van der Waals surface area contributed by atoms with Crippen molar-refractivity contribution in [3.8, 4) is 0 Å². The Hall–Kier alpha value is -3.51. The molecular formula is C19H22N4O7S. The predicted octanol–water partition coefficient (Wildman–Crippen LogP) is 2.05. The van der Waals surface area contributed by atoms with Crippen LogP contribution in [-0.4, -0.2) is 37.4 Å². The number of non-ortho nitro benzene ring substituents is 1. The number of nitrogens with two attached hydrogens (primary N) is 1. The second-order valence-electron chi connectivity index (χ2n) is 6.87. The summed E-state index contributed by atoms with van der Waals surface area (Å²) in [7, 11) is -3.67. The summed E-state index contributed by atoms with van der Waals surface area (Å²) in [5.74, 6) is -1.58. The summed E-state index contributed by atoms with van der Waals surface area (Å²) in [6, 6.07) is 8.44. The van der Waals surface area contributed by atoms with Crippen molar-refractivity contribution < 1.29 is 27.7 Å². The van der Waals surface area contributed by atoms with Gasteiger partial charge >= 0.3 is 5.97 Å². The number of esters is 1. The number of nitro benzene ring substituents is 1. The van der Waals surface area contributed by atoms with E-state index in [1.54, 1.807) is 13.8 Å². The standard InChI is InChI=1S/C19H22N4O7S/c1-11(2)22-31(28,29)15-7-4-13(5-8-15)21-18(24)12(3)30-19(25)16-9-6-14(23(26)27)10-17(16)20/h4-12,22H,20H2,1-3H3,(H,21,24). The fraction of sp³-hybridized carbons (Fsp3) is 0.263. The van der Waals surface area contributed by atoms with Gasteiger partial charge in [-0.3, -0.25) is 14.9 Å². The van der Waals surface area contributed by atoms with Gasteiger partial charge in [-0.1, -0.05) is 0 Å². The summed E-state index contributed by atoms with van der Waals surface area (Å²) in [5, 5.41) is 13.2. The van der Waals surface area contributed by atoms with Crippen LogP contribution >= 0.6 is 0 Å². The lowest BCUT2D eigenvalue weighted by Gasteiger charge is -2.15. The maximum absolute atomic E-state index is 12.3. The lowest BCUT2D eigenvalue weighted by molar-refractivity contribution is -0.384. The number of nitrogens with one attached hydrogen (secondary N) is 2. The molecule has 0 spiro atoms. The van der Waals surface area contributed by atoms with Crippen LogP contribution in [0.4, 0.5) is 17.1 Å². The number of nitrogen functional groups attached to an aromatic ring is 1. The van der Waals surface area contributed by atoms with Crippen molar-refractivity contribution in [3.05, 3.63) is 58.1 Å². The van der Waals surface area contributed by atoms with Crippen molar-refractivity contribution >= 4 is 39.0 Å². The number of carbonyl (C=O) groups is 2. The molecule has 166 valence electrons. The molecule has 0 saturated carbocycles. The highest BCUT2D eigenvalue weighted by Crippen LogP contribution is 2.21. The van der Waals surface area contributed by atoms with Crippen LogP contribution in [0.15, 0.2) is 47.4 Å². The van der Waals surface area contributed by atoms with Gasteiger partial charge in [0.25, 0.3) is 11.6 Å². The van der Waals surface area contributed by atoms with E-state index in [2.05, 4.69) is 10.0 Å². The Morgan fingerprint density at radius 1 is 1.10 bits per heavy atom. The molecule has 0 heterocycles. The Kier molecular flexibility index (Phi) is 7.31. The minimum Gasteiger partial charge on any atom is -0.449 e. The topological polar surface area (TPSA) is 171 Å². The van der Waals surface area contributed by atoms with E-state index in [4.69, 9.17) is 10.5 Å². The first-order valence-electron chi connectivity index (χ1n) is 9.09. The van der Waals surface area contributed by atoms with Gasteiger partial charge in [-0.05, 0) is 51.1 Å².